The van der Waals surface area contributed by atoms with Gasteiger partial charge in [0.25, 0.3) is 0 Å². The highest BCUT2D eigenvalue weighted by Crippen LogP contribution is 2.26. The quantitative estimate of drug-likeness (QED) is 0.722. The van der Waals surface area contributed by atoms with Gasteiger partial charge in [0.15, 0.2) is 0 Å². The van der Waals surface area contributed by atoms with Gasteiger partial charge < -0.3 is 11.1 Å². The van der Waals surface area contributed by atoms with Crippen molar-refractivity contribution in [2.75, 3.05) is 25.0 Å². The van der Waals surface area contributed by atoms with E-state index in [0.717, 1.165) is 25.1 Å². The molecule has 3 N–H and O–H groups in total. The van der Waals surface area contributed by atoms with Crippen LogP contribution in [0.4, 0.5) is 5.69 Å². The molecule has 2 rings (SSSR count). The van der Waals surface area contributed by atoms with Crippen molar-refractivity contribution in [1.29, 1.82) is 0 Å². The van der Waals surface area contributed by atoms with Crippen molar-refractivity contribution in [3.63, 3.8) is 0 Å². The van der Waals surface area contributed by atoms with Gasteiger partial charge in [-0.2, -0.15) is 0 Å². The van der Waals surface area contributed by atoms with Crippen LogP contribution in [0.3, 0.4) is 0 Å². The number of benzene rings is 1. The Hall–Kier alpha value is -1.88. The lowest BCUT2D eigenvalue weighted by atomic mass is 9.87. The average molecular weight is 345 g/mol. The molecule has 0 spiro atoms. The number of amides is 2. The number of nitrogens with zero attached hydrogens (tertiary/aromatic N) is 1. The lowest BCUT2D eigenvalue weighted by molar-refractivity contribution is -0.121. The molecule has 1 aromatic rings. The molecule has 0 heterocycles. The predicted molar refractivity (Wildman–Crippen MR) is 101 cm³/mol. The highest BCUT2D eigenvalue weighted by molar-refractivity contribution is 5.92. The van der Waals surface area contributed by atoms with Gasteiger partial charge in [-0.3, -0.25) is 14.5 Å². The van der Waals surface area contributed by atoms with E-state index >= 15 is 0 Å². The molecule has 1 saturated carbocycles. The van der Waals surface area contributed by atoms with Crippen molar-refractivity contribution in [2.45, 2.75) is 51.9 Å². The van der Waals surface area contributed by atoms with Crippen LogP contribution in [0.2, 0.25) is 0 Å². The molecule has 138 valence electrons. The van der Waals surface area contributed by atoms with Crippen LogP contribution in [0, 0.1) is 5.92 Å². The standard InChI is InChI=1S/C20H31N3O2/c1-2-16-8-10-18(11-9-16)22-20(25)15-23(14-19(21)24)13-12-17-6-4-3-5-7-17/h8-11,17H,2-7,12-15H2,1H3,(H2,21,24)(H,22,25). The lowest BCUT2D eigenvalue weighted by Gasteiger charge is -2.26. The molecule has 0 atom stereocenters. The molecule has 5 nitrogen and oxygen atoms in total. The normalized spacial score (nSPS) is 15.3. The van der Waals surface area contributed by atoms with Gasteiger partial charge >= 0.3 is 0 Å². The van der Waals surface area contributed by atoms with Crippen LogP contribution in [0.15, 0.2) is 24.3 Å². The van der Waals surface area contributed by atoms with E-state index in [2.05, 4.69) is 12.2 Å². The summed E-state index contributed by atoms with van der Waals surface area (Å²) in [5, 5.41) is 2.90. The summed E-state index contributed by atoms with van der Waals surface area (Å²) in [6, 6.07) is 7.86. The van der Waals surface area contributed by atoms with E-state index in [4.69, 9.17) is 5.73 Å². The van der Waals surface area contributed by atoms with E-state index < -0.39 is 0 Å². The molecule has 25 heavy (non-hydrogen) atoms. The molecule has 1 aliphatic rings. The summed E-state index contributed by atoms with van der Waals surface area (Å²) in [4.78, 5) is 25.5. The first-order chi connectivity index (χ1) is 12.1. The van der Waals surface area contributed by atoms with Crippen molar-refractivity contribution in [1.82, 2.24) is 4.90 Å². The maximum Gasteiger partial charge on any atom is 0.238 e. The summed E-state index contributed by atoms with van der Waals surface area (Å²) in [7, 11) is 0. The Balaban J connectivity index is 1.83. The van der Waals surface area contributed by atoms with Crippen LogP contribution in [-0.2, 0) is 16.0 Å². The fourth-order valence-electron chi connectivity index (χ4n) is 3.50. The molecule has 0 bridgehead atoms. The fourth-order valence-corrected chi connectivity index (χ4v) is 3.50. The number of nitrogens with one attached hydrogen (secondary N) is 1. The van der Waals surface area contributed by atoms with Gasteiger partial charge in [0.05, 0.1) is 13.1 Å². The third-order valence-corrected chi connectivity index (χ3v) is 4.97. The number of rotatable bonds is 9. The number of anilines is 1. The minimum absolute atomic E-state index is 0.103. The molecular formula is C20H31N3O2. The number of aryl methyl sites for hydroxylation is 1. The summed E-state index contributed by atoms with van der Waals surface area (Å²) >= 11 is 0. The van der Waals surface area contributed by atoms with E-state index in [9.17, 15) is 9.59 Å². The second-order valence-corrected chi connectivity index (χ2v) is 7.07. The van der Waals surface area contributed by atoms with Crippen LogP contribution in [-0.4, -0.2) is 36.3 Å². The highest BCUT2D eigenvalue weighted by atomic mass is 16.2. The smallest absolute Gasteiger partial charge is 0.238 e. The Morgan fingerprint density at radius 2 is 1.80 bits per heavy atom. The minimum Gasteiger partial charge on any atom is -0.369 e. The van der Waals surface area contributed by atoms with E-state index in [1.165, 1.54) is 37.7 Å². The van der Waals surface area contributed by atoms with E-state index in [0.29, 0.717) is 5.92 Å². The van der Waals surface area contributed by atoms with Crippen molar-refractivity contribution < 1.29 is 9.59 Å². The number of carbonyl (C=O) groups is 2. The number of carbonyl (C=O) groups excluding carboxylic acids is 2. The van der Waals surface area contributed by atoms with Gasteiger partial charge in [-0.1, -0.05) is 51.2 Å². The Kier molecular flexibility index (Phi) is 7.92. The Morgan fingerprint density at radius 1 is 1.12 bits per heavy atom. The van der Waals surface area contributed by atoms with Gasteiger partial charge in [0.2, 0.25) is 11.8 Å². The highest BCUT2D eigenvalue weighted by Gasteiger charge is 2.18. The molecule has 1 fully saturated rings. The fraction of sp³-hybridized carbons (Fsp3) is 0.600. The summed E-state index contributed by atoms with van der Waals surface area (Å²) < 4.78 is 0. The minimum atomic E-state index is -0.385. The zero-order valence-corrected chi connectivity index (χ0v) is 15.3. The Labute approximate surface area is 151 Å². The number of hydrogen-bond acceptors (Lipinski definition) is 3. The predicted octanol–water partition coefficient (Wildman–Crippen LogP) is 2.95. The number of primary amides is 1. The van der Waals surface area contributed by atoms with Crippen molar-refractivity contribution in [3.05, 3.63) is 29.8 Å². The van der Waals surface area contributed by atoms with E-state index in [1.54, 1.807) is 0 Å². The van der Waals surface area contributed by atoms with Gasteiger partial charge in [-0.05, 0) is 43.0 Å². The third kappa shape index (κ3) is 7.26. The monoisotopic (exact) mass is 345 g/mol. The summed E-state index contributed by atoms with van der Waals surface area (Å²) in [5.41, 5.74) is 7.37. The Bertz CT molecular complexity index is 551. The van der Waals surface area contributed by atoms with Crippen LogP contribution in [0.5, 0.6) is 0 Å². The lowest BCUT2D eigenvalue weighted by Crippen LogP contribution is -2.40. The summed E-state index contributed by atoms with van der Waals surface area (Å²) in [6.07, 6.45) is 8.47. The first-order valence-corrected chi connectivity index (χ1v) is 9.46. The first-order valence-electron chi connectivity index (χ1n) is 9.46. The van der Waals surface area contributed by atoms with Gasteiger partial charge in [-0.25, -0.2) is 0 Å². The van der Waals surface area contributed by atoms with E-state index in [1.807, 2.05) is 29.2 Å². The van der Waals surface area contributed by atoms with Gasteiger partial charge in [0, 0.05) is 5.69 Å². The molecule has 0 radical (unpaired) electrons. The van der Waals surface area contributed by atoms with Crippen LogP contribution >= 0.6 is 0 Å². The SMILES string of the molecule is CCc1ccc(NC(=O)CN(CCC2CCCCC2)CC(N)=O)cc1. The average Bonchev–Trinajstić information content (AvgIpc) is 2.60. The second-order valence-electron chi connectivity index (χ2n) is 7.07. The van der Waals surface area contributed by atoms with Gasteiger partial charge in [-0.15, -0.1) is 0 Å². The van der Waals surface area contributed by atoms with Crippen molar-refractivity contribution in [2.24, 2.45) is 11.7 Å². The maximum atomic E-state index is 12.3. The molecule has 5 heteroatoms. The summed E-state index contributed by atoms with van der Waals surface area (Å²) in [6.45, 7) is 3.18. The van der Waals surface area contributed by atoms with Gasteiger partial charge in [0.1, 0.15) is 0 Å². The molecule has 1 aliphatic carbocycles. The largest absolute Gasteiger partial charge is 0.369 e. The molecular weight excluding hydrogens is 314 g/mol. The zero-order chi connectivity index (χ0) is 18.1. The third-order valence-electron chi connectivity index (χ3n) is 4.97. The molecule has 0 aromatic heterocycles. The molecule has 0 unspecified atom stereocenters. The number of hydrogen-bond donors (Lipinski definition) is 2. The molecule has 1 aromatic carbocycles. The molecule has 0 saturated heterocycles. The van der Waals surface area contributed by atoms with E-state index in [-0.39, 0.29) is 24.9 Å². The first kappa shape index (κ1) is 19.4. The van der Waals surface area contributed by atoms with Crippen LogP contribution in [0.1, 0.15) is 51.0 Å². The topological polar surface area (TPSA) is 75.4 Å². The van der Waals surface area contributed by atoms with Crippen molar-refractivity contribution >= 4 is 17.5 Å². The summed E-state index contributed by atoms with van der Waals surface area (Å²) in [5.74, 6) is 0.228. The van der Waals surface area contributed by atoms with Crippen LogP contribution < -0.4 is 11.1 Å². The zero-order valence-electron chi connectivity index (χ0n) is 15.3. The Morgan fingerprint density at radius 3 is 2.40 bits per heavy atom. The molecule has 0 aliphatic heterocycles. The van der Waals surface area contributed by atoms with Crippen LogP contribution in [0.25, 0.3) is 0 Å². The maximum absolute atomic E-state index is 12.3. The second kappa shape index (κ2) is 10.2. The molecule has 2 amide bonds. The number of nitrogens with two attached hydrogens (primary N) is 1. The van der Waals surface area contributed by atoms with Crippen molar-refractivity contribution in [3.8, 4) is 0 Å².